The maximum Gasteiger partial charge on any atom is 0.272 e. The van der Waals surface area contributed by atoms with Crippen LogP contribution in [0.15, 0.2) is 76.4 Å². The number of fused-ring (bicyclic) bond motifs is 2. The molecule has 0 N–H and O–H groups in total. The molecule has 0 fully saturated rings. The van der Waals surface area contributed by atoms with Crippen molar-refractivity contribution in [2.24, 2.45) is 0 Å². The molecule has 0 aliphatic carbocycles. The molecule has 0 atom stereocenters. The van der Waals surface area contributed by atoms with Crippen LogP contribution >= 0.6 is 0 Å². The van der Waals surface area contributed by atoms with Crippen molar-refractivity contribution in [3.8, 4) is 17.2 Å². The highest BCUT2D eigenvalue weighted by atomic mass is 32.2. The molecule has 1 aliphatic rings. The minimum atomic E-state index is -4.29. The summed E-state index contributed by atoms with van der Waals surface area (Å²) in [6, 6.07) is 18.6. The molecule has 0 spiro atoms. The molecular weight excluding hydrogens is 520 g/mol. The van der Waals surface area contributed by atoms with Gasteiger partial charge in [0, 0.05) is 17.1 Å². The summed E-state index contributed by atoms with van der Waals surface area (Å²) in [6.07, 6.45) is 0. The second kappa shape index (κ2) is 9.70. The number of hydrogen-bond acceptors (Lipinski definition) is 7. The Balaban J connectivity index is 1.64. The first-order valence-corrected chi connectivity index (χ1v) is 13.7. The van der Waals surface area contributed by atoms with E-state index < -0.39 is 34.0 Å². The van der Waals surface area contributed by atoms with E-state index in [1.54, 1.807) is 54.6 Å². The van der Waals surface area contributed by atoms with Gasteiger partial charge in [0.25, 0.3) is 21.5 Å². The smallest absolute Gasteiger partial charge is 0.272 e. The maximum absolute atomic E-state index is 13.7. The highest BCUT2D eigenvalue weighted by Gasteiger charge is 2.44. The van der Waals surface area contributed by atoms with Crippen LogP contribution in [0.2, 0.25) is 0 Å². The number of benzene rings is 3. The number of ketones is 1. The summed E-state index contributed by atoms with van der Waals surface area (Å²) in [4.78, 5) is 39.7. The number of pyridine rings is 1. The number of carbonyl (C=O) groups excluding carboxylic acids is 2. The van der Waals surface area contributed by atoms with Gasteiger partial charge in [0.1, 0.15) is 22.0 Å². The number of nitrogens with zero attached hydrogens (tertiary/aromatic N) is 2. The Kier molecular flexibility index (Phi) is 6.51. The predicted octanol–water partition coefficient (Wildman–Crippen LogP) is 4.51. The zero-order valence-corrected chi connectivity index (χ0v) is 22.6. The first-order chi connectivity index (χ1) is 18.6. The van der Waals surface area contributed by atoms with Crippen LogP contribution in [-0.2, 0) is 10.0 Å². The van der Waals surface area contributed by atoms with Crippen LogP contribution in [0.5, 0.6) is 11.5 Å². The lowest BCUT2D eigenvalue weighted by atomic mass is 9.96. The fourth-order valence-corrected chi connectivity index (χ4v) is 6.29. The number of methoxy groups -OCH3 is 1. The molecular formula is C29H26N2O7S. The highest BCUT2D eigenvalue weighted by Crippen LogP contribution is 2.39. The standard InChI is InChI=1S/C29H26N2O7S/c1-17(2)22-14-20(37-4)15-24-26(22)28(33)30(39(24,35)36)16-38-27-21-12-8-9-13-23(21)31(19-10-6-5-7-11-19)29(34)25(27)18(3)32/h5-15,17H,16H2,1-4H3. The Hall–Kier alpha value is -4.44. The Labute approximate surface area is 225 Å². The highest BCUT2D eigenvalue weighted by molar-refractivity contribution is 7.90. The normalized spacial score (nSPS) is 14.1. The van der Waals surface area contributed by atoms with Gasteiger partial charge in [0.2, 0.25) is 0 Å². The number of para-hydroxylation sites is 2. The van der Waals surface area contributed by atoms with E-state index in [1.165, 1.54) is 24.7 Å². The van der Waals surface area contributed by atoms with E-state index in [-0.39, 0.29) is 27.7 Å². The molecule has 39 heavy (non-hydrogen) atoms. The minimum absolute atomic E-state index is 0.0607. The van der Waals surface area contributed by atoms with Gasteiger partial charge >= 0.3 is 0 Å². The molecule has 0 saturated heterocycles. The maximum atomic E-state index is 13.7. The average Bonchev–Trinajstić information content (AvgIpc) is 3.11. The van der Waals surface area contributed by atoms with Gasteiger partial charge < -0.3 is 9.47 Å². The minimum Gasteiger partial charge on any atom is -0.497 e. The van der Waals surface area contributed by atoms with E-state index >= 15 is 0 Å². The van der Waals surface area contributed by atoms with Crippen molar-refractivity contribution >= 4 is 32.6 Å². The summed E-state index contributed by atoms with van der Waals surface area (Å²) in [5, 5.41) is 0.414. The van der Waals surface area contributed by atoms with Crippen molar-refractivity contribution in [1.29, 1.82) is 0 Å². The number of amides is 1. The predicted molar refractivity (Wildman–Crippen MR) is 145 cm³/mol. The van der Waals surface area contributed by atoms with Crippen LogP contribution in [-0.4, -0.2) is 42.8 Å². The van der Waals surface area contributed by atoms with E-state index in [2.05, 4.69) is 0 Å². The Morgan fingerprint density at radius 1 is 0.974 bits per heavy atom. The van der Waals surface area contributed by atoms with Crippen LogP contribution in [0, 0.1) is 0 Å². The molecule has 1 aromatic heterocycles. The van der Waals surface area contributed by atoms with Crippen molar-refractivity contribution in [3.63, 3.8) is 0 Å². The number of aromatic nitrogens is 1. The van der Waals surface area contributed by atoms with Crippen molar-refractivity contribution in [1.82, 2.24) is 8.87 Å². The lowest BCUT2D eigenvalue weighted by Crippen LogP contribution is -2.35. The second-order valence-electron chi connectivity index (χ2n) is 9.43. The van der Waals surface area contributed by atoms with Gasteiger partial charge in [0.15, 0.2) is 12.5 Å². The molecule has 4 aromatic rings. The topological polar surface area (TPSA) is 112 Å². The van der Waals surface area contributed by atoms with Crippen molar-refractivity contribution in [3.05, 3.63) is 93.8 Å². The molecule has 10 heteroatoms. The first kappa shape index (κ1) is 26.2. The molecule has 3 aromatic carbocycles. The SMILES string of the molecule is COc1cc(C(C)C)c2c(c1)S(=O)(=O)N(COc1c(C(C)=O)c(=O)n(-c3ccccc3)c3ccccc13)C2=O. The van der Waals surface area contributed by atoms with Crippen molar-refractivity contribution < 1.29 is 27.5 Å². The molecule has 2 heterocycles. The van der Waals surface area contributed by atoms with Crippen molar-refractivity contribution in [2.75, 3.05) is 13.8 Å². The second-order valence-corrected chi connectivity index (χ2v) is 11.3. The lowest BCUT2D eigenvalue weighted by Gasteiger charge is -2.20. The summed E-state index contributed by atoms with van der Waals surface area (Å²) >= 11 is 0. The van der Waals surface area contributed by atoms with Crippen molar-refractivity contribution in [2.45, 2.75) is 31.6 Å². The molecule has 0 saturated carbocycles. The summed E-state index contributed by atoms with van der Waals surface area (Å²) in [7, 11) is -2.87. The monoisotopic (exact) mass is 546 g/mol. The molecule has 200 valence electrons. The van der Waals surface area contributed by atoms with Crippen LogP contribution in [0.3, 0.4) is 0 Å². The Bertz CT molecular complexity index is 1810. The van der Waals surface area contributed by atoms with E-state index in [1.807, 2.05) is 19.9 Å². The number of ether oxygens (including phenoxy) is 2. The quantitative estimate of drug-likeness (QED) is 0.314. The van der Waals surface area contributed by atoms with E-state index in [0.29, 0.717) is 32.2 Å². The Morgan fingerprint density at radius 3 is 2.28 bits per heavy atom. The largest absolute Gasteiger partial charge is 0.497 e. The van der Waals surface area contributed by atoms with Gasteiger partial charge in [-0.1, -0.05) is 44.2 Å². The molecule has 1 amide bonds. The van der Waals surface area contributed by atoms with E-state index in [0.717, 1.165) is 0 Å². The molecule has 9 nitrogen and oxygen atoms in total. The summed E-state index contributed by atoms with van der Waals surface area (Å²) in [5.74, 6) is -1.24. The average molecular weight is 547 g/mol. The fraction of sp³-hybridized carbons (Fsp3) is 0.207. The van der Waals surface area contributed by atoms with Gasteiger partial charge in [-0.15, -0.1) is 0 Å². The number of Topliss-reactive ketones (excluding diaryl/α,β-unsaturated/α-hetero) is 1. The Morgan fingerprint density at radius 2 is 1.64 bits per heavy atom. The molecule has 0 radical (unpaired) electrons. The van der Waals surface area contributed by atoms with Gasteiger partial charge in [0.05, 0.1) is 18.2 Å². The molecule has 5 rings (SSSR count). The molecule has 1 aliphatic heterocycles. The third kappa shape index (κ3) is 4.17. The summed E-state index contributed by atoms with van der Waals surface area (Å²) < 4.78 is 40.2. The fourth-order valence-electron chi connectivity index (χ4n) is 4.83. The van der Waals surface area contributed by atoms with Crippen LogP contribution in [0.1, 0.15) is 53.0 Å². The van der Waals surface area contributed by atoms with Gasteiger partial charge in [-0.05, 0) is 48.7 Å². The van der Waals surface area contributed by atoms with Gasteiger partial charge in [-0.2, -0.15) is 4.31 Å². The third-order valence-electron chi connectivity index (χ3n) is 6.70. The van der Waals surface area contributed by atoms with Gasteiger partial charge in [-0.3, -0.25) is 19.0 Å². The van der Waals surface area contributed by atoms with E-state index in [4.69, 9.17) is 9.47 Å². The number of rotatable bonds is 7. The zero-order valence-electron chi connectivity index (χ0n) is 21.8. The number of sulfonamides is 1. The third-order valence-corrected chi connectivity index (χ3v) is 8.43. The van der Waals surface area contributed by atoms with Crippen LogP contribution in [0.25, 0.3) is 16.6 Å². The molecule has 0 bridgehead atoms. The summed E-state index contributed by atoms with van der Waals surface area (Å²) in [5.41, 5.74) is 0.734. The van der Waals surface area contributed by atoms with Crippen LogP contribution in [0.4, 0.5) is 0 Å². The zero-order chi connectivity index (χ0) is 28.1. The van der Waals surface area contributed by atoms with E-state index in [9.17, 15) is 22.8 Å². The first-order valence-electron chi connectivity index (χ1n) is 12.2. The molecule has 0 unspecified atom stereocenters. The summed E-state index contributed by atoms with van der Waals surface area (Å²) in [6.45, 7) is 4.21. The number of hydrogen-bond donors (Lipinski definition) is 0. The van der Waals surface area contributed by atoms with Crippen LogP contribution < -0.4 is 15.0 Å². The number of carbonyl (C=O) groups is 2. The van der Waals surface area contributed by atoms with Gasteiger partial charge in [-0.25, -0.2) is 8.42 Å². The lowest BCUT2D eigenvalue weighted by molar-refractivity contribution is 0.0789.